The van der Waals surface area contributed by atoms with Crippen molar-refractivity contribution in [3.63, 3.8) is 0 Å². The van der Waals surface area contributed by atoms with Gasteiger partial charge in [-0.2, -0.15) is 0 Å². The minimum atomic E-state index is -0.131. The van der Waals surface area contributed by atoms with Gasteiger partial charge in [0.05, 0.1) is 0 Å². The number of fused-ring (bicyclic) bond motifs is 1. The van der Waals surface area contributed by atoms with E-state index in [0.29, 0.717) is 13.1 Å². The molecule has 1 atom stereocenters. The van der Waals surface area contributed by atoms with Gasteiger partial charge in [-0.3, -0.25) is 4.79 Å². The number of rotatable bonds is 2. The Morgan fingerprint density at radius 1 is 1.26 bits per heavy atom. The second-order valence-corrected chi connectivity index (χ2v) is 7.84. The Balaban J connectivity index is 1.62. The zero-order valence-electron chi connectivity index (χ0n) is 15.7. The molecule has 2 aromatic rings. The number of carbonyl (C=O) groups excluding carboxylic acids is 1. The third-order valence-electron chi connectivity index (χ3n) is 5.58. The van der Waals surface area contributed by atoms with Crippen molar-refractivity contribution in [2.24, 2.45) is 5.73 Å². The maximum atomic E-state index is 13.1. The lowest BCUT2D eigenvalue weighted by Gasteiger charge is -2.29. The number of hydrogen-bond acceptors (Lipinski definition) is 5. The number of benzene rings is 1. The van der Waals surface area contributed by atoms with E-state index in [9.17, 15) is 4.79 Å². The van der Waals surface area contributed by atoms with Gasteiger partial charge in [-0.05, 0) is 43.9 Å². The SMILES string of the molecule is Cc1nc(C(=O)N2CCc3c(Cl)cccc3C2)nc(N2CC[C@@H](N)C2)c1C. The van der Waals surface area contributed by atoms with E-state index in [1.54, 1.807) is 0 Å². The van der Waals surface area contributed by atoms with Gasteiger partial charge in [0.1, 0.15) is 5.82 Å². The van der Waals surface area contributed by atoms with E-state index in [1.807, 2.05) is 36.9 Å². The van der Waals surface area contributed by atoms with Gasteiger partial charge in [0.25, 0.3) is 5.91 Å². The number of nitrogens with zero attached hydrogens (tertiary/aromatic N) is 4. The Labute approximate surface area is 164 Å². The van der Waals surface area contributed by atoms with Crippen molar-refractivity contribution in [1.29, 1.82) is 0 Å². The van der Waals surface area contributed by atoms with Crippen LogP contribution in [0.15, 0.2) is 18.2 Å². The smallest absolute Gasteiger partial charge is 0.292 e. The van der Waals surface area contributed by atoms with Crippen LogP contribution >= 0.6 is 11.6 Å². The molecule has 0 aliphatic carbocycles. The van der Waals surface area contributed by atoms with Gasteiger partial charge in [-0.1, -0.05) is 23.7 Å². The van der Waals surface area contributed by atoms with Crippen LogP contribution in [0, 0.1) is 13.8 Å². The number of nitrogens with two attached hydrogens (primary N) is 1. The Hall–Kier alpha value is -2.18. The molecule has 0 radical (unpaired) electrons. The van der Waals surface area contributed by atoms with E-state index in [2.05, 4.69) is 14.9 Å². The van der Waals surface area contributed by atoms with Crippen LogP contribution in [-0.2, 0) is 13.0 Å². The summed E-state index contributed by atoms with van der Waals surface area (Å²) >= 11 is 6.29. The average Bonchev–Trinajstić information content (AvgIpc) is 3.09. The van der Waals surface area contributed by atoms with Crippen molar-refractivity contribution in [2.45, 2.75) is 39.3 Å². The molecule has 1 aromatic carbocycles. The van der Waals surface area contributed by atoms with E-state index >= 15 is 0 Å². The van der Waals surface area contributed by atoms with Gasteiger partial charge in [-0.15, -0.1) is 0 Å². The summed E-state index contributed by atoms with van der Waals surface area (Å²) in [6, 6.07) is 6.01. The fourth-order valence-corrected chi connectivity index (χ4v) is 4.16. The Kier molecular flexibility index (Phi) is 4.78. The number of amides is 1. The highest BCUT2D eigenvalue weighted by Gasteiger charge is 2.28. The highest BCUT2D eigenvalue weighted by molar-refractivity contribution is 6.31. The fourth-order valence-electron chi connectivity index (χ4n) is 3.87. The molecule has 4 rings (SSSR count). The first-order chi connectivity index (χ1) is 12.9. The summed E-state index contributed by atoms with van der Waals surface area (Å²) in [6.45, 7) is 6.72. The molecule has 6 nitrogen and oxygen atoms in total. The van der Waals surface area contributed by atoms with Crippen LogP contribution in [0.4, 0.5) is 5.82 Å². The molecule has 2 aliphatic rings. The molecule has 1 aromatic heterocycles. The molecule has 1 fully saturated rings. The molecule has 0 saturated carbocycles. The van der Waals surface area contributed by atoms with E-state index in [1.165, 1.54) is 0 Å². The lowest BCUT2D eigenvalue weighted by atomic mass is 9.99. The minimum Gasteiger partial charge on any atom is -0.355 e. The highest BCUT2D eigenvalue weighted by Crippen LogP contribution is 2.28. The van der Waals surface area contributed by atoms with Gasteiger partial charge in [0.2, 0.25) is 5.82 Å². The first-order valence-electron chi connectivity index (χ1n) is 9.35. The predicted molar refractivity (Wildman–Crippen MR) is 106 cm³/mol. The number of hydrogen-bond donors (Lipinski definition) is 1. The third kappa shape index (κ3) is 3.39. The first-order valence-corrected chi connectivity index (χ1v) is 9.73. The second-order valence-electron chi connectivity index (χ2n) is 7.43. The third-order valence-corrected chi connectivity index (χ3v) is 5.93. The number of carbonyl (C=O) groups is 1. The molecule has 1 saturated heterocycles. The Morgan fingerprint density at radius 3 is 2.81 bits per heavy atom. The van der Waals surface area contributed by atoms with Crippen molar-refractivity contribution in [1.82, 2.24) is 14.9 Å². The van der Waals surface area contributed by atoms with Crippen LogP contribution in [0.1, 0.15) is 39.4 Å². The summed E-state index contributed by atoms with van der Waals surface area (Å²) in [5.74, 6) is 0.965. The molecular formula is C20H24ClN5O. The fraction of sp³-hybridized carbons (Fsp3) is 0.450. The Bertz CT molecular complexity index is 900. The van der Waals surface area contributed by atoms with Gasteiger partial charge in [0.15, 0.2) is 0 Å². The maximum Gasteiger partial charge on any atom is 0.292 e. The minimum absolute atomic E-state index is 0.131. The molecule has 2 aliphatic heterocycles. The zero-order valence-corrected chi connectivity index (χ0v) is 16.5. The normalized spacial score (nSPS) is 19.3. The van der Waals surface area contributed by atoms with E-state index in [4.69, 9.17) is 17.3 Å². The summed E-state index contributed by atoms with van der Waals surface area (Å²) in [6.07, 6.45) is 1.69. The Morgan fingerprint density at radius 2 is 2.07 bits per heavy atom. The van der Waals surface area contributed by atoms with Gasteiger partial charge in [0, 0.05) is 48.5 Å². The molecule has 1 amide bonds. The highest BCUT2D eigenvalue weighted by atomic mass is 35.5. The lowest BCUT2D eigenvalue weighted by molar-refractivity contribution is 0.0722. The number of halogens is 1. The monoisotopic (exact) mass is 385 g/mol. The van der Waals surface area contributed by atoms with Crippen molar-refractivity contribution in [3.05, 3.63) is 51.4 Å². The average molecular weight is 386 g/mol. The van der Waals surface area contributed by atoms with Crippen LogP contribution in [0.3, 0.4) is 0 Å². The van der Waals surface area contributed by atoms with Gasteiger partial charge in [-0.25, -0.2) is 9.97 Å². The predicted octanol–water partition coefficient (Wildman–Crippen LogP) is 2.48. The summed E-state index contributed by atoms with van der Waals surface area (Å²) in [4.78, 5) is 26.2. The number of aromatic nitrogens is 2. The standard InChI is InChI=1S/C20H24ClN5O/c1-12-13(2)23-18(24-19(12)25-8-6-15(22)11-25)20(27)26-9-7-16-14(10-26)4-3-5-17(16)21/h3-5,15H,6-11,22H2,1-2H3/t15-/m1/s1. The molecule has 0 spiro atoms. The zero-order chi connectivity index (χ0) is 19.1. The first kappa shape index (κ1) is 18.2. The quantitative estimate of drug-likeness (QED) is 0.859. The summed E-state index contributed by atoms with van der Waals surface area (Å²) in [7, 11) is 0. The van der Waals surface area contributed by atoms with Crippen molar-refractivity contribution < 1.29 is 4.79 Å². The lowest BCUT2D eigenvalue weighted by Crippen LogP contribution is -2.37. The van der Waals surface area contributed by atoms with Crippen molar-refractivity contribution >= 4 is 23.3 Å². The van der Waals surface area contributed by atoms with Crippen LogP contribution in [0.5, 0.6) is 0 Å². The van der Waals surface area contributed by atoms with E-state index < -0.39 is 0 Å². The summed E-state index contributed by atoms with van der Waals surface area (Å²) < 4.78 is 0. The number of aryl methyl sites for hydroxylation is 1. The van der Waals surface area contributed by atoms with E-state index in [-0.39, 0.29) is 17.8 Å². The molecule has 2 N–H and O–H groups in total. The molecule has 27 heavy (non-hydrogen) atoms. The molecule has 3 heterocycles. The van der Waals surface area contributed by atoms with Crippen LogP contribution < -0.4 is 10.6 Å². The van der Waals surface area contributed by atoms with Crippen molar-refractivity contribution in [2.75, 3.05) is 24.5 Å². The van der Waals surface area contributed by atoms with Crippen LogP contribution in [0.25, 0.3) is 0 Å². The number of anilines is 1. The second kappa shape index (κ2) is 7.09. The van der Waals surface area contributed by atoms with Crippen LogP contribution in [0.2, 0.25) is 5.02 Å². The van der Waals surface area contributed by atoms with E-state index in [0.717, 1.165) is 59.2 Å². The summed E-state index contributed by atoms with van der Waals surface area (Å²) in [5.41, 5.74) is 10.1. The largest absolute Gasteiger partial charge is 0.355 e. The van der Waals surface area contributed by atoms with Gasteiger partial charge >= 0.3 is 0 Å². The molecule has 0 unspecified atom stereocenters. The topological polar surface area (TPSA) is 75.4 Å². The molecule has 142 valence electrons. The summed E-state index contributed by atoms with van der Waals surface area (Å²) in [5, 5.41) is 0.773. The van der Waals surface area contributed by atoms with Crippen molar-refractivity contribution in [3.8, 4) is 0 Å². The van der Waals surface area contributed by atoms with Gasteiger partial charge < -0.3 is 15.5 Å². The maximum absolute atomic E-state index is 13.1. The van der Waals surface area contributed by atoms with Crippen LogP contribution in [-0.4, -0.2) is 46.5 Å². The molecular weight excluding hydrogens is 362 g/mol. The molecule has 7 heteroatoms. The molecule has 0 bridgehead atoms.